The molecule has 0 saturated carbocycles. The Balaban J connectivity index is 1.65. The van der Waals surface area contributed by atoms with Gasteiger partial charge in [-0.2, -0.15) is 0 Å². The molecule has 9 heteroatoms. The van der Waals surface area contributed by atoms with Crippen LogP contribution in [0.15, 0.2) is 66.4 Å². The molecule has 0 spiro atoms. The Kier molecular flexibility index (Phi) is 7.28. The molecule has 0 aliphatic carbocycles. The highest BCUT2D eigenvalue weighted by atomic mass is 19.1. The lowest BCUT2D eigenvalue weighted by molar-refractivity contribution is -0.125. The molecule has 184 valence electrons. The highest BCUT2D eigenvalue weighted by molar-refractivity contribution is 6.17. The summed E-state index contributed by atoms with van der Waals surface area (Å²) in [4.78, 5) is 39.2. The molecule has 0 radical (unpaired) electrons. The van der Waals surface area contributed by atoms with Gasteiger partial charge < -0.3 is 10.6 Å². The van der Waals surface area contributed by atoms with Crippen LogP contribution in [0.4, 0.5) is 14.6 Å². The predicted molar refractivity (Wildman–Crippen MR) is 133 cm³/mol. The number of nitrogen functional groups attached to an aromatic ring is 1. The number of benzene rings is 2. The zero-order chi connectivity index (χ0) is 25.8. The lowest BCUT2D eigenvalue weighted by Crippen LogP contribution is -2.27. The standard InChI is InChI=1S/C27H25F2N5O2/c1-3-23(35)34-11-10-16(14-34)12-22-24(27(30)33-15-32-22)25(31-2)18-9-8-17(13-21(18)29)26(36)19-6-4-5-7-20(19)28/h3-9,13,15-16H,1,10-12,14H2,2H3,(H2,30,32,33). The van der Waals surface area contributed by atoms with Crippen LogP contribution in [0.5, 0.6) is 0 Å². The van der Waals surface area contributed by atoms with Crippen LogP contribution in [0.3, 0.4) is 0 Å². The third-order valence-electron chi connectivity index (χ3n) is 6.27. The Morgan fingerprint density at radius 3 is 2.64 bits per heavy atom. The quantitative estimate of drug-likeness (QED) is 0.310. The molecule has 3 aromatic rings. The first-order valence-corrected chi connectivity index (χ1v) is 11.4. The number of aromatic nitrogens is 2. The van der Waals surface area contributed by atoms with E-state index in [1.165, 1.54) is 49.8 Å². The number of ketones is 1. The van der Waals surface area contributed by atoms with E-state index in [0.29, 0.717) is 30.8 Å². The fourth-order valence-corrected chi connectivity index (χ4v) is 4.47. The fraction of sp³-hybridized carbons (Fsp3) is 0.222. The van der Waals surface area contributed by atoms with Crippen molar-refractivity contribution in [2.24, 2.45) is 10.9 Å². The van der Waals surface area contributed by atoms with E-state index in [0.717, 1.165) is 12.5 Å². The third kappa shape index (κ3) is 4.91. The monoisotopic (exact) mass is 489 g/mol. The second-order valence-electron chi connectivity index (χ2n) is 8.50. The number of nitrogens with zero attached hydrogens (tertiary/aromatic N) is 4. The molecule has 1 aliphatic heterocycles. The SMILES string of the molecule is C=CC(=O)N1CCC(Cc2ncnc(N)c2C(=NC)c2ccc(C(=O)c3ccccc3F)cc2F)C1. The summed E-state index contributed by atoms with van der Waals surface area (Å²) in [6.45, 7) is 4.70. The van der Waals surface area contributed by atoms with Gasteiger partial charge in [-0.3, -0.25) is 14.6 Å². The number of nitrogens with two attached hydrogens (primary N) is 1. The number of hydrogen-bond acceptors (Lipinski definition) is 6. The first-order chi connectivity index (χ1) is 17.3. The maximum atomic E-state index is 15.3. The average Bonchev–Trinajstić information content (AvgIpc) is 3.34. The largest absolute Gasteiger partial charge is 0.383 e. The zero-order valence-corrected chi connectivity index (χ0v) is 19.7. The summed E-state index contributed by atoms with van der Waals surface area (Å²) >= 11 is 0. The predicted octanol–water partition coefficient (Wildman–Crippen LogP) is 3.61. The number of amides is 1. The van der Waals surface area contributed by atoms with Crippen molar-refractivity contribution in [2.75, 3.05) is 25.9 Å². The molecule has 1 atom stereocenters. The van der Waals surface area contributed by atoms with Crippen molar-refractivity contribution in [3.63, 3.8) is 0 Å². The number of carbonyl (C=O) groups is 2. The summed E-state index contributed by atoms with van der Waals surface area (Å²) in [7, 11) is 1.50. The van der Waals surface area contributed by atoms with E-state index in [2.05, 4.69) is 21.5 Å². The summed E-state index contributed by atoms with van der Waals surface area (Å²) in [6, 6.07) is 9.45. The maximum absolute atomic E-state index is 15.3. The van der Waals surface area contributed by atoms with Crippen LogP contribution in [-0.4, -0.2) is 52.4 Å². The summed E-state index contributed by atoms with van der Waals surface area (Å²) in [5, 5.41) is 0. The number of anilines is 1. The van der Waals surface area contributed by atoms with Crippen LogP contribution in [0.2, 0.25) is 0 Å². The lowest BCUT2D eigenvalue weighted by Gasteiger charge is -2.17. The molecule has 36 heavy (non-hydrogen) atoms. The number of carbonyl (C=O) groups excluding carboxylic acids is 2. The Morgan fingerprint density at radius 2 is 1.94 bits per heavy atom. The van der Waals surface area contributed by atoms with Crippen molar-refractivity contribution in [1.82, 2.24) is 14.9 Å². The molecule has 1 aliphatic rings. The molecule has 2 heterocycles. The average molecular weight is 490 g/mol. The molecule has 4 rings (SSSR count). The van der Waals surface area contributed by atoms with E-state index in [-0.39, 0.29) is 40.0 Å². The van der Waals surface area contributed by atoms with Gasteiger partial charge in [-0.25, -0.2) is 18.7 Å². The molecule has 7 nitrogen and oxygen atoms in total. The van der Waals surface area contributed by atoms with E-state index >= 15 is 4.39 Å². The third-order valence-corrected chi connectivity index (χ3v) is 6.27. The highest BCUT2D eigenvalue weighted by Crippen LogP contribution is 2.27. The van der Waals surface area contributed by atoms with Crippen molar-refractivity contribution in [1.29, 1.82) is 0 Å². The second kappa shape index (κ2) is 10.6. The Bertz CT molecular complexity index is 1370. The molecular weight excluding hydrogens is 464 g/mol. The molecule has 1 amide bonds. The lowest BCUT2D eigenvalue weighted by atomic mass is 9.93. The van der Waals surface area contributed by atoms with Crippen LogP contribution >= 0.6 is 0 Å². The fourth-order valence-electron chi connectivity index (χ4n) is 4.47. The summed E-state index contributed by atoms with van der Waals surface area (Å²) in [6.07, 6.45) is 3.91. The Labute approximate surface area is 207 Å². The molecule has 1 saturated heterocycles. The number of halogens is 2. The van der Waals surface area contributed by atoms with Crippen LogP contribution in [0, 0.1) is 17.6 Å². The van der Waals surface area contributed by atoms with Crippen LogP contribution < -0.4 is 5.73 Å². The van der Waals surface area contributed by atoms with Gasteiger partial charge in [0, 0.05) is 31.3 Å². The van der Waals surface area contributed by atoms with E-state index in [4.69, 9.17) is 5.73 Å². The minimum atomic E-state index is -0.712. The first-order valence-electron chi connectivity index (χ1n) is 11.4. The van der Waals surface area contributed by atoms with E-state index in [1.54, 1.807) is 11.0 Å². The van der Waals surface area contributed by atoms with Crippen molar-refractivity contribution in [3.8, 4) is 0 Å². The van der Waals surface area contributed by atoms with Gasteiger partial charge in [-0.1, -0.05) is 24.8 Å². The zero-order valence-electron chi connectivity index (χ0n) is 19.7. The van der Waals surface area contributed by atoms with Crippen LogP contribution in [0.1, 0.15) is 39.2 Å². The summed E-state index contributed by atoms with van der Waals surface area (Å²) in [5.41, 5.74) is 7.41. The van der Waals surface area contributed by atoms with Crippen LogP contribution in [-0.2, 0) is 11.2 Å². The van der Waals surface area contributed by atoms with Crippen molar-refractivity contribution in [3.05, 3.63) is 101 Å². The smallest absolute Gasteiger partial charge is 0.245 e. The van der Waals surface area contributed by atoms with Crippen LogP contribution in [0.25, 0.3) is 0 Å². The first kappa shape index (κ1) is 24.8. The normalized spacial score (nSPS) is 15.7. The number of hydrogen-bond donors (Lipinski definition) is 1. The molecule has 2 aromatic carbocycles. The van der Waals surface area contributed by atoms with Gasteiger partial charge in [0.2, 0.25) is 5.91 Å². The van der Waals surface area contributed by atoms with Gasteiger partial charge in [0.15, 0.2) is 5.78 Å². The van der Waals surface area contributed by atoms with E-state index in [1.807, 2.05) is 0 Å². The minimum Gasteiger partial charge on any atom is -0.383 e. The molecule has 1 unspecified atom stereocenters. The van der Waals surface area contributed by atoms with Crippen molar-refractivity contribution in [2.45, 2.75) is 12.8 Å². The topological polar surface area (TPSA) is 102 Å². The molecule has 0 bridgehead atoms. The second-order valence-corrected chi connectivity index (χ2v) is 8.50. The van der Waals surface area contributed by atoms with Gasteiger partial charge >= 0.3 is 0 Å². The summed E-state index contributed by atoms with van der Waals surface area (Å²) in [5.74, 6) is -1.87. The van der Waals surface area contributed by atoms with Crippen molar-refractivity contribution >= 4 is 23.2 Å². The summed E-state index contributed by atoms with van der Waals surface area (Å²) < 4.78 is 29.4. The Morgan fingerprint density at radius 1 is 1.17 bits per heavy atom. The number of aliphatic imine (C=N–C) groups is 1. The number of likely N-dealkylation sites (tertiary alicyclic amines) is 1. The van der Waals surface area contributed by atoms with Gasteiger partial charge in [-0.05, 0) is 49.1 Å². The number of rotatable bonds is 7. The van der Waals surface area contributed by atoms with Gasteiger partial charge in [0.25, 0.3) is 0 Å². The Hall–Kier alpha value is -4.27. The van der Waals surface area contributed by atoms with Crippen molar-refractivity contribution < 1.29 is 18.4 Å². The molecular formula is C27H25F2N5O2. The maximum Gasteiger partial charge on any atom is 0.245 e. The van der Waals surface area contributed by atoms with Gasteiger partial charge in [-0.15, -0.1) is 0 Å². The highest BCUT2D eigenvalue weighted by Gasteiger charge is 2.28. The molecule has 2 N–H and O–H groups in total. The van der Waals surface area contributed by atoms with Gasteiger partial charge in [0.05, 0.1) is 22.5 Å². The van der Waals surface area contributed by atoms with E-state index in [9.17, 15) is 14.0 Å². The molecule has 1 fully saturated rings. The van der Waals surface area contributed by atoms with E-state index < -0.39 is 17.4 Å². The minimum absolute atomic E-state index is 0.00671. The van der Waals surface area contributed by atoms with Gasteiger partial charge in [0.1, 0.15) is 23.8 Å². The molecule has 1 aromatic heterocycles.